The highest BCUT2D eigenvalue weighted by Gasteiger charge is 2.67. The van der Waals surface area contributed by atoms with Crippen molar-refractivity contribution in [3.63, 3.8) is 0 Å². The van der Waals surface area contributed by atoms with Gasteiger partial charge in [0.2, 0.25) is 5.91 Å². The number of nitrogens with zero attached hydrogens (tertiary/aromatic N) is 1. The van der Waals surface area contributed by atoms with E-state index < -0.39 is 5.92 Å². The lowest BCUT2D eigenvalue weighted by atomic mass is 9.70. The Morgan fingerprint density at radius 3 is 2.03 bits per heavy atom. The summed E-state index contributed by atoms with van der Waals surface area (Å²) in [4.78, 5) is 28.9. The van der Waals surface area contributed by atoms with E-state index in [1.54, 1.807) is 0 Å². The smallest absolute Gasteiger partial charge is 0.231 e. The molecule has 4 nitrogen and oxygen atoms in total. The maximum Gasteiger partial charge on any atom is 0.231 e. The minimum Gasteiger partial charge on any atom is -0.353 e. The van der Waals surface area contributed by atoms with Crippen LogP contribution in [0.2, 0.25) is 0 Å². The summed E-state index contributed by atoms with van der Waals surface area (Å²) in [6.45, 7) is 9.49. The van der Waals surface area contributed by atoms with Crippen LogP contribution in [0, 0.1) is 22.7 Å². The lowest BCUT2D eigenvalue weighted by Crippen LogP contribution is -2.49. The van der Waals surface area contributed by atoms with E-state index in [0.717, 1.165) is 51.7 Å². The Labute approximate surface area is 210 Å². The molecule has 2 aromatic rings. The highest BCUT2D eigenvalue weighted by atomic mass is 16.2. The Morgan fingerprint density at radius 2 is 1.51 bits per heavy atom. The van der Waals surface area contributed by atoms with Gasteiger partial charge >= 0.3 is 0 Å². The van der Waals surface area contributed by atoms with Gasteiger partial charge in [-0.25, -0.2) is 0 Å². The number of likely N-dealkylation sites (tertiary alicyclic amines) is 1. The van der Waals surface area contributed by atoms with Gasteiger partial charge in [0.25, 0.3) is 0 Å². The van der Waals surface area contributed by atoms with Crippen molar-refractivity contribution in [2.75, 3.05) is 19.6 Å². The van der Waals surface area contributed by atoms with E-state index in [1.807, 2.05) is 0 Å². The number of nitrogens with one attached hydrogen (secondary N) is 1. The summed E-state index contributed by atoms with van der Waals surface area (Å²) in [5.41, 5.74) is 2.32. The summed E-state index contributed by atoms with van der Waals surface area (Å²) in [5.74, 6) is 0.306. The van der Waals surface area contributed by atoms with Crippen LogP contribution >= 0.6 is 0 Å². The molecule has 3 fully saturated rings. The predicted octanol–water partition coefficient (Wildman–Crippen LogP) is 5.43. The summed E-state index contributed by atoms with van der Waals surface area (Å²) in [5, 5.41) is 3.28. The normalized spacial score (nSPS) is 28.5. The Balaban J connectivity index is 1.15. The van der Waals surface area contributed by atoms with Crippen LogP contribution in [0.5, 0.6) is 0 Å². The SMILES string of the molecule is CC12CCC(C(C(=O)NC3CCN(CCC(c4ccccc4)c4ccccc4)CC3)C1=O)C2(C)C. The fourth-order valence-corrected chi connectivity index (χ4v) is 7.19. The molecule has 4 heteroatoms. The number of hydrogen-bond acceptors (Lipinski definition) is 3. The minimum absolute atomic E-state index is 0.0110. The van der Waals surface area contributed by atoms with E-state index in [1.165, 1.54) is 11.1 Å². The largest absolute Gasteiger partial charge is 0.353 e. The zero-order valence-electron chi connectivity index (χ0n) is 21.5. The highest BCUT2D eigenvalue weighted by molar-refractivity contribution is 6.07. The molecular weight excluding hydrogens is 432 g/mol. The van der Waals surface area contributed by atoms with E-state index in [2.05, 4.69) is 91.7 Å². The van der Waals surface area contributed by atoms with Crippen molar-refractivity contribution in [2.45, 2.75) is 64.8 Å². The molecule has 1 aliphatic heterocycles. The zero-order chi connectivity index (χ0) is 24.6. The van der Waals surface area contributed by atoms with Gasteiger partial charge in [-0.2, -0.15) is 0 Å². The molecule has 35 heavy (non-hydrogen) atoms. The van der Waals surface area contributed by atoms with Gasteiger partial charge in [-0.3, -0.25) is 9.59 Å². The van der Waals surface area contributed by atoms with Crippen LogP contribution in [0.3, 0.4) is 0 Å². The molecule has 1 amide bonds. The van der Waals surface area contributed by atoms with Gasteiger partial charge in [0.05, 0.1) is 0 Å². The van der Waals surface area contributed by atoms with Crippen molar-refractivity contribution in [1.82, 2.24) is 10.2 Å². The molecule has 1 heterocycles. The lowest BCUT2D eigenvalue weighted by Gasteiger charge is -2.34. The van der Waals surface area contributed by atoms with Crippen molar-refractivity contribution in [3.8, 4) is 0 Å². The summed E-state index contributed by atoms with van der Waals surface area (Å²) in [6, 6.07) is 21.8. The van der Waals surface area contributed by atoms with E-state index in [-0.39, 0.29) is 34.5 Å². The lowest BCUT2D eigenvalue weighted by molar-refractivity contribution is -0.139. The molecule has 0 spiro atoms. The predicted molar refractivity (Wildman–Crippen MR) is 140 cm³/mol. The maximum atomic E-state index is 13.2. The van der Waals surface area contributed by atoms with Crippen molar-refractivity contribution in [2.24, 2.45) is 22.7 Å². The van der Waals surface area contributed by atoms with Gasteiger partial charge in [-0.1, -0.05) is 81.4 Å². The number of benzene rings is 2. The van der Waals surface area contributed by atoms with Gasteiger partial charge in [-0.05, 0) is 61.1 Å². The minimum atomic E-state index is -0.445. The molecule has 0 radical (unpaired) electrons. The Morgan fingerprint density at radius 1 is 0.943 bits per heavy atom. The average molecular weight is 473 g/mol. The summed E-state index contributed by atoms with van der Waals surface area (Å²) in [6.07, 6.45) is 4.92. The molecule has 0 aromatic heterocycles. The Bertz CT molecular complexity index is 1000. The quantitative estimate of drug-likeness (QED) is 0.547. The number of fused-ring (bicyclic) bond motifs is 2. The molecule has 3 aliphatic rings. The third-order valence-electron chi connectivity index (χ3n) is 9.89. The second kappa shape index (κ2) is 9.54. The number of piperidine rings is 1. The van der Waals surface area contributed by atoms with Crippen molar-refractivity contribution in [1.29, 1.82) is 0 Å². The van der Waals surface area contributed by atoms with Crippen molar-refractivity contribution >= 4 is 11.7 Å². The fourth-order valence-electron chi connectivity index (χ4n) is 7.19. The average Bonchev–Trinajstić information content (AvgIpc) is 3.19. The first-order chi connectivity index (χ1) is 16.8. The number of ketones is 1. The van der Waals surface area contributed by atoms with Crippen LogP contribution < -0.4 is 5.32 Å². The van der Waals surface area contributed by atoms with Crippen LogP contribution in [-0.4, -0.2) is 42.3 Å². The standard InChI is InChI=1S/C31H40N2O2/c1-30(2)26-14-18-31(30,3)28(34)27(26)29(35)32-24-15-19-33(20-16-24)21-17-25(22-10-6-4-7-11-22)23-12-8-5-9-13-23/h4-13,24-27H,14-21H2,1-3H3,(H,32,35). The maximum absolute atomic E-state index is 13.2. The third kappa shape index (κ3) is 4.35. The third-order valence-corrected chi connectivity index (χ3v) is 9.89. The molecule has 3 unspecified atom stereocenters. The van der Waals surface area contributed by atoms with Crippen molar-refractivity contribution < 1.29 is 9.59 Å². The Hall–Kier alpha value is -2.46. The molecule has 2 bridgehead atoms. The van der Waals surface area contributed by atoms with Gasteiger partial charge in [0.1, 0.15) is 5.92 Å². The molecule has 3 atom stereocenters. The van der Waals surface area contributed by atoms with Crippen LogP contribution in [0.4, 0.5) is 0 Å². The van der Waals surface area contributed by atoms with Gasteiger partial charge < -0.3 is 10.2 Å². The molecule has 2 aliphatic carbocycles. The summed E-state index contributed by atoms with van der Waals surface area (Å²) in [7, 11) is 0. The molecule has 1 N–H and O–H groups in total. The first-order valence-electron chi connectivity index (χ1n) is 13.5. The molecular formula is C31H40N2O2. The molecule has 5 rings (SSSR count). The van der Waals surface area contributed by atoms with Gasteiger partial charge in [-0.15, -0.1) is 0 Å². The fraction of sp³-hybridized carbons (Fsp3) is 0.548. The van der Waals surface area contributed by atoms with E-state index in [4.69, 9.17) is 0 Å². The molecule has 2 aromatic carbocycles. The zero-order valence-corrected chi connectivity index (χ0v) is 21.5. The monoisotopic (exact) mass is 472 g/mol. The number of rotatable bonds is 7. The van der Waals surface area contributed by atoms with E-state index >= 15 is 0 Å². The van der Waals surface area contributed by atoms with Gasteiger partial charge in [0, 0.05) is 30.5 Å². The summed E-state index contributed by atoms with van der Waals surface area (Å²) >= 11 is 0. The number of Topliss-reactive ketones (excluding diaryl/α,β-unsaturated/α-hetero) is 1. The number of amides is 1. The molecule has 186 valence electrons. The first kappa shape index (κ1) is 24.2. The number of carbonyl (C=O) groups excluding carboxylic acids is 2. The van der Waals surface area contributed by atoms with Crippen LogP contribution in [0.1, 0.15) is 69.9 Å². The molecule has 2 saturated carbocycles. The number of hydrogen-bond donors (Lipinski definition) is 1. The topological polar surface area (TPSA) is 49.4 Å². The van der Waals surface area contributed by atoms with E-state index in [9.17, 15) is 9.59 Å². The summed E-state index contributed by atoms with van der Waals surface area (Å²) < 4.78 is 0. The highest BCUT2D eigenvalue weighted by Crippen LogP contribution is 2.65. The van der Waals surface area contributed by atoms with Crippen LogP contribution in [0.15, 0.2) is 60.7 Å². The van der Waals surface area contributed by atoms with Crippen LogP contribution in [0.25, 0.3) is 0 Å². The second-order valence-corrected chi connectivity index (χ2v) is 11.8. The first-order valence-corrected chi connectivity index (χ1v) is 13.5. The molecule has 1 saturated heterocycles. The van der Waals surface area contributed by atoms with Crippen molar-refractivity contribution in [3.05, 3.63) is 71.8 Å². The van der Waals surface area contributed by atoms with Crippen LogP contribution in [-0.2, 0) is 9.59 Å². The second-order valence-electron chi connectivity index (χ2n) is 11.8. The van der Waals surface area contributed by atoms with E-state index in [0.29, 0.717) is 5.92 Å². The number of carbonyl (C=O) groups is 2. The Kier molecular flexibility index (Phi) is 6.61. The van der Waals surface area contributed by atoms with Gasteiger partial charge in [0.15, 0.2) is 5.78 Å².